The molecule has 2 N–H and O–H groups in total. The van der Waals surface area contributed by atoms with Crippen LogP contribution in [0.2, 0.25) is 0 Å². The van der Waals surface area contributed by atoms with Crippen LogP contribution in [0.1, 0.15) is 16.8 Å². The van der Waals surface area contributed by atoms with Crippen LogP contribution in [0.25, 0.3) is 0 Å². The summed E-state index contributed by atoms with van der Waals surface area (Å²) in [6, 6.07) is 10.5. The van der Waals surface area contributed by atoms with Crippen LogP contribution in [0.3, 0.4) is 0 Å². The predicted molar refractivity (Wildman–Crippen MR) is 117 cm³/mol. The van der Waals surface area contributed by atoms with E-state index < -0.39 is 0 Å². The number of nitrogens with zero attached hydrogens (tertiary/aromatic N) is 4. The summed E-state index contributed by atoms with van der Waals surface area (Å²) in [6.45, 7) is 3.60. The molecule has 0 spiro atoms. The second kappa shape index (κ2) is 9.86. The van der Waals surface area contributed by atoms with E-state index in [1.54, 1.807) is 55.2 Å². The first-order valence-corrected chi connectivity index (χ1v) is 10.1. The Morgan fingerprint density at radius 2 is 1.97 bits per heavy atom. The molecule has 4 rings (SSSR count). The van der Waals surface area contributed by atoms with E-state index in [1.165, 1.54) is 0 Å². The van der Waals surface area contributed by atoms with Crippen LogP contribution in [0.5, 0.6) is 0 Å². The second-order valence-corrected chi connectivity index (χ2v) is 7.13. The zero-order valence-electron chi connectivity index (χ0n) is 17.0. The van der Waals surface area contributed by atoms with Gasteiger partial charge in [-0.3, -0.25) is 9.59 Å². The number of pyridine rings is 1. The zero-order chi connectivity index (χ0) is 21.5. The van der Waals surface area contributed by atoms with Gasteiger partial charge in [0.2, 0.25) is 5.91 Å². The monoisotopic (exact) mass is 420 g/mol. The first-order valence-electron chi connectivity index (χ1n) is 10.1. The minimum atomic E-state index is -0.291. The molecule has 0 aliphatic carbocycles. The Balaban J connectivity index is 1.32. The number of anilines is 3. The Morgan fingerprint density at radius 1 is 1.10 bits per heavy atom. The molecule has 2 amide bonds. The van der Waals surface area contributed by atoms with Gasteiger partial charge in [-0.2, -0.15) is 0 Å². The van der Waals surface area contributed by atoms with Gasteiger partial charge in [-0.05, 0) is 30.3 Å². The average molecular weight is 420 g/mol. The lowest BCUT2D eigenvalue weighted by molar-refractivity contribution is -0.116. The maximum atomic E-state index is 12.6. The molecule has 0 bridgehead atoms. The van der Waals surface area contributed by atoms with Crippen molar-refractivity contribution in [2.75, 3.05) is 41.8 Å². The van der Waals surface area contributed by atoms with Crippen molar-refractivity contribution in [2.24, 2.45) is 0 Å². The summed E-state index contributed by atoms with van der Waals surface area (Å²) in [4.78, 5) is 35.3. The van der Waals surface area contributed by atoms with E-state index in [4.69, 9.17) is 4.74 Å². The van der Waals surface area contributed by atoms with Gasteiger partial charge in [0.15, 0.2) is 0 Å². The van der Waals surface area contributed by atoms with Gasteiger partial charge >= 0.3 is 0 Å². The number of aryl methyl sites for hydroxylation is 1. The summed E-state index contributed by atoms with van der Waals surface area (Å²) in [5, 5.41) is 5.62. The predicted octanol–water partition coefficient (Wildman–Crippen LogP) is 2.40. The molecule has 1 aliphatic heterocycles. The molecule has 9 heteroatoms. The molecule has 31 heavy (non-hydrogen) atoms. The number of amides is 2. The summed E-state index contributed by atoms with van der Waals surface area (Å²) in [5.41, 5.74) is 2.01. The van der Waals surface area contributed by atoms with E-state index in [1.807, 2.05) is 10.6 Å². The molecule has 9 nitrogen and oxygen atoms in total. The second-order valence-electron chi connectivity index (χ2n) is 7.13. The van der Waals surface area contributed by atoms with Gasteiger partial charge in [-0.1, -0.05) is 6.07 Å². The number of morpholine rings is 1. The maximum absolute atomic E-state index is 12.6. The average Bonchev–Trinajstić information content (AvgIpc) is 3.33. The highest BCUT2D eigenvalue weighted by atomic mass is 16.5. The summed E-state index contributed by atoms with van der Waals surface area (Å²) in [7, 11) is 0. The van der Waals surface area contributed by atoms with E-state index in [9.17, 15) is 9.59 Å². The van der Waals surface area contributed by atoms with E-state index in [2.05, 4.69) is 25.5 Å². The lowest BCUT2D eigenvalue weighted by Gasteiger charge is -2.28. The lowest BCUT2D eigenvalue weighted by Crippen LogP contribution is -2.36. The van der Waals surface area contributed by atoms with Crippen molar-refractivity contribution in [3.8, 4) is 0 Å². The molecule has 160 valence electrons. The van der Waals surface area contributed by atoms with Gasteiger partial charge in [-0.25, -0.2) is 9.97 Å². The highest BCUT2D eigenvalue weighted by Crippen LogP contribution is 2.18. The third-order valence-corrected chi connectivity index (χ3v) is 4.93. The minimum Gasteiger partial charge on any atom is -0.378 e. The van der Waals surface area contributed by atoms with Crippen molar-refractivity contribution in [3.05, 3.63) is 66.9 Å². The highest BCUT2D eigenvalue weighted by molar-refractivity contribution is 6.05. The van der Waals surface area contributed by atoms with Gasteiger partial charge in [0.05, 0.1) is 31.4 Å². The Morgan fingerprint density at radius 3 is 2.71 bits per heavy atom. The number of carbonyl (C=O) groups excluding carboxylic acids is 2. The minimum absolute atomic E-state index is 0.133. The number of hydrogen-bond donors (Lipinski definition) is 2. The van der Waals surface area contributed by atoms with E-state index in [-0.39, 0.29) is 11.8 Å². The van der Waals surface area contributed by atoms with Crippen LogP contribution in [0.4, 0.5) is 17.2 Å². The number of rotatable bonds is 7. The number of carbonyl (C=O) groups is 2. The van der Waals surface area contributed by atoms with Gasteiger partial charge in [0.1, 0.15) is 5.82 Å². The summed E-state index contributed by atoms with van der Waals surface area (Å²) in [6.07, 6.45) is 7.20. The fourth-order valence-corrected chi connectivity index (χ4v) is 3.27. The molecular formula is C22H24N6O3. The van der Waals surface area contributed by atoms with Gasteiger partial charge in [0.25, 0.3) is 5.91 Å². The Hall–Kier alpha value is -3.72. The quantitative estimate of drug-likeness (QED) is 0.609. The smallest absolute Gasteiger partial charge is 0.256 e. The van der Waals surface area contributed by atoms with Crippen molar-refractivity contribution in [1.82, 2.24) is 14.5 Å². The Kier molecular flexibility index (Phi) is 6.53. The van der Waals surface area contributed by atoms with E-state index in [0.29, 0.717) is 43.2 Å². The molecule has 1 fully saturated rings. The highest BCUT2D eigenvalue weighted by Gasteiger charge is 2.13. The number of hydrogen-bond acceptors (Lipinski definition) is 6. The van der Waals surface area contributed by atoms with Gasteiger partial charge in [0, 0.05) is 49.7 Å². The third kappa shape index (κ3) is 5.67. The van der Waals surface area contributed by atoms with Crippen molar-refractivity contribution in [1.29, 1.82) is 0 Å². The summed E-state index contributed by atoms with van der Waals surface area (Å²) in [5.74, 6) is 0.0459. The molecule has 1 aromatic carbocycles. The lowest BCUT2D eigenvalue weighted by atomic mass is 10.2. The topological polar surface area (TPSA) is 101 Å². The van der Waals surface area contributed by atoms with Crippen LogP contribution in [-0.4, -0.2) is 52.7 Å². The zero-order valence-corrected chi connectivity index (χ0v) is 17.0. The number of nitrogens with one attached hydrogen (secondary N) is 2. The van der Waals surface area contributed by atoms with Crippen LogP contribution < -0.4 is 15.5 Å². The number of aromatic nitrogens is 3. The van der Waals surface area contributed by atoms with Crippen LogP contribution in [0, 0.1) is 0 Å². The number of imidazole rings is 1. The first kappa shape index (κ1) is 20.5. The van der Waals surface area contributed by atoms with Crippen molar-refractivity contribution < 1.29 is 14.3 Å². The molecule has 3 aromatic rings. The van der Waals surface area contributed by atoms with Crippen molar-refractivity contribution in [2.45, 2.75) is 13.0 Å². The fourth-order valence-electron chi connectivity index (χ4n) is 3.27. The summed E-state index contributed by atoms with van der Waals surface area (Å²) >= 11 is 0. The Labute approximate surface area is 180 Å². The van der Waals surface area contributed by atoms with Crippen LogP contribution in [0.15, 0.2) is 61.3 Å². The van der Waals surface area contributed by atoms with E-state index in [0.717, 1.165) is 18.8 Å². The Bertz CT molecular complexity index is 1010. The molecule has 2 aromatic heterocycles. The largest absolute Gasteiger partial charge is 0.378 e. The molecule has 0 unspecified atom stereocenters. The standard InChI is InChI=1S/C22H24N6O3/c29-21(6-8-27-9-7-23-16-27)25-18-3-1-2-17(14-18)22(30)26-20-5-4-19(15-24-20)28-10-12-31-13-11-28/h1-5,7,9,14-16H,6,8,10-13H2,(H,25,29)(H,24,26,30). The van der Waals surface area contributed by atoms with Gasteiger partial charge < -0.3 is 24.8 Å². The fraction of sp³-hybridized carbons (Fsp3) is 0.273. The molecule has 3 heterocycles. The van der Waals surface area contributed by atoms with E-state index >= 15 is 0 Å². The molecule has 0 saturated carbocycles. The molecule has 0 atom stereocenters. The first-order chi connectivity index (χ1) is 15.2. The number of benzene rings is 1. The van der Waals surface area contributed by atoms with Crippen LogP contribution >= 0.6 is 0 Å². The summed E-state index contributed by atoms with van der Waals surface area (Å²) < 4.78 is 7.20. The van der Waals surface area contributed by atoms with Gasteiger partial charge in [-0.15, -0.1) is 0 Å². The van der Waals surface area contributed by atoms with Crippen molar-refractivity contribution in [3.63, 3.8) is 0 Å². The van der Waals surface area contributed by atoms with Crippen LogP contribution in [-0.2, 0) is 16.1 Å². The third-order valence-electron chi connectivity index (χ3n) is 4.93. The maximum Gasteiger partial charge on any atom is 0.256 e. The molecule has 0 radical (unpaired) electrons. The number of ether oxygens (including phenoxy) is 1. The molecular weight excluding hydrogens is 396 g/mol. The normalized spacial score (nSPS) is 13.6. The molecule has 1 aliphatic rings. The molecule has 1 saturated heterocycles. The SMILES string of the molecule is O=C(CCn1ccnc1)Nc1cccc(C(=O)Nc2ccc(N3CCOCC3)cn2)c1. The van der Waals surface area contributed by atoms with Crippen molar-refractivity contribution >= 4 is 29.0 Å².